The number of carbonyl (C=O) groups is 1. The SMILES string of the molecule is O=C(O)c1ccc(CCCC2[C@@H](C=Cc3cc(Cl)nc(Cl)c3)C(O)C[C@H]2Cl)s1. The van der Waals surface area contributed by atoms with Crippen molar-refractivity contribution in [3.8, 4) is 0 Å². The molecule has 150 valence electrons. The molecule has 2 aromatic rings. The van der Waals surface area contributed by atoms with Crippen molar-refractivity contribution in [2.45, 2.75) is 37.2 Å². The minimum Gasteiger partial charge on any atom is -0.477 e. The van der Waals surface area contributed by atoms with Crippen molar-refractivity contribution in [3.05, 3.63) is 56.0 Å². The van der Waals surface area contributed by atoms with E-state index in [2.05, 4.69) is 4.98 Å². The number of rotatable bonds is 7. The molecule has 0 aromatic carbocycles. The van der Waals surface area contributed by atoms with Gasteiger partial charge in [-0.2, -0.15) is 0 Å². The number of carboxylic acid groups (broad SMARTS) is 1. The van der Waals surface area contributed by atoms with Gasteiger partial charge in [-0.1, -0.05) is 35.4 Å². The third kappa shape index (κ3) is 5.49. The molecule has 8 heteroatoms. The quantitative estimate of drug-likeness (QED) is 0.405. The van der Waals surface area contributed by atoms with Gasteiger partial charge in [-0.05, 0) is 61.4 Å². The monoisotopic (exact) mass is 459 g/mol. The number of halogens is 3. The Kier molecular flexibility index (Phi) is 7.40. The lowest BCUT2D eigenvalue weighted by atomic mass is 9.89. The molecule has 4 atom stereocenters. The average molecular weight is 461 g/mol. The standard InChI is InChI=1S/C20H20Cl3NO3S/c21-15-10-16(25)14(6-4-11-8-18(22)24-19(23)9-11)13(15)3-1-2-12-5-7-17(28-12)20(26)27/h4-9,13-16,25H,1-3,10H2,(H,26,27)/t13?,14-,15-,16?/m1/s1. The van der Waals surface area contributed by atoms with Crippen molar-refractivity contribution in [2.24, 2.45) is 11.8 Å². The van der Waals surface area contributed by atoms with E-state index in [4.69, 9.17) is 39.9 Å². The second kappa shape index (κ2) is 9.59. The summed E-state index contributed by atoms with van der Waals surface area (Å²) in [5.41, 5.74) is 0.828. The van der Waals surface area contributed by atoms with E-state index in [9.17, 15) is 9.90 Å². The number of aromatic carboxylic acids is 1. The van der Waals surface area contributed by atoms with Gasteiger partial charge in [-0.3, -0.25) is 0 Å². The zero-order chi connectivity index (χ0) is 20.3. The number of aliphatic hydroxyl groups excluding tert-OH is 1. The van der Waals surface area contributed by atoms with Crippen LogP contribution in [0.25, 0.3) is 6.08 Å². The maximum Gasteiger partial charge on any atom is 0.345 e. The number of aryl methyl sites for hydroxylation is 1. The van der Waals surface area contributed by atoms with Crippen LogP contribution in [0.2, 0.25) is 10.3 Å². The van der Waals surface area contributed by atoms with E-state index in [1.54, 1.807) is 18.2 Å². The lowest BCUT2D eigenvalue weighted by Gasteiger charge is -2.20. The van der Waals surface area contributed by atoms with E-state index in [1.807, 2.05) is 18.2 Å². The summed E-state index contributed by atoms with van der Waals surface area (Å²) in [6, 6.07) is 6.94. The van der Waals surface area contributed by atoms with E-state index in [0.29, 0.717) is 21.6 Å². The predicted octanol–water partition coefficient (Wildman–Crippen LogP) is 5.79. The molecule has 2 heterocycles. The van der Waals surface area contributed by atoms with Crippen LogP contribution in [0.15, 0.2) is 30.3 Å². The summed E-state index contributed by atoms with van der Waals surface area (Å²) in [4.78, 5) is 16.3. The van der Waals surface area contributed by atoms with Crippen molar-refractivity contribution in [3.63, 3.8) is 0 Å². The fourth-order valence-electron chi connectivity index (χ4n) is 3.67. The van der Waals surface area contributed by atoms with Crippen molar-refractivity contribution in [2.75, 3.05) is 0 Å². The second-order valence-corrected chi connectivity index (χ2v) is 9.43. The molecule has 2 aromatic heterocycles. The van der Waals surface area contributed by atoms with Crippen LogP contribution in [0, 0.1) is 11.8 Å². The summed E-state index contributed by atoms with van der Waals surface area (Å²) >= 11 is 19.7. The van der Waals surface area contributed by atoms with Crippen molar-refractivity contribution >= 4 is 58.2 Å². The third-order valence-electron chi connectivity index (χ3n) is 5.00. The Hall–Kier alpha value is -1.11. The minimum atomic E-state index is -0.891. The number of carboxylic acids is 1. The molecule has 1 saturated carbocycles. The van der Waals surface area contributed by atoms with Crippen LogP contribution in [-0.2, 0) is 6.42 Å². The molecule has 0 saturated heterocycles. The van der Waals surface area contributed by atoms with Gasteiger partial charge in [0.15, 0.2) is 0 Å². The largest absolute Gasteiger partial charge is 0.477 e. The van der Waals surface area contributed by atoms with E-state index >= 15 is 0 Å². The van der Waals surface area contributed by atoms with Gasteiger partial charge in [-0.25, -0.2) is 9.78 Å². The molecule has 0 radical (unpaired) electrons. The van der Waals surface area contributed by atoms with Gasteiger partial charge in [0.1, 0.15) is 15.2 Å². The molecular formula is C20H20Cl3NO3S. The van der Waals surface area contributed by atoms with Crippen LogP contribution in [0.5, 0.6) is 0 Å². The van der Waals surface area contributed by atoms with Crippen LogP contribution in [0.3, 0.4) is 0 Å². The topological polar surface area (TPSA) is 70.4 Å². The fourth-order valence-corrected chi connectivity index (χ4v) is 5.52. The summed E-state index contributed by atoms with van der Waals surface area (Å²) in [6.07, 6.45) is 6.50. The summed E-state index contributed by atoms with van der Waals surface area (Å²) in [6.45, 7) is 0. The summed E-state index contributed by atoms with van der Waals surface area (Å²) in [5, 5.41) is 20.0. The number of nitrogens with zero attached hydrogens (tertiary/aromatic N) is 1. The predicted molar refractivity (Wildman–Crippen MR) is 115 cm³/mol. The first kappa shape index (κ1) is 21.6. The number of aromatic nitrogens is 1. The molecule has 28 heavy (non-hydrogen) atoms. The number of aliphatic hydroxyl groups is 1. The summed E-state index contributed by atoms with van der Waals surface area (Å²) in [5.74, 6) is -0.789. The Balaban J connectivity index is 1.62. The Morgan fingerprint density at radius 2 is 2.00 bits per heavy atom. The highest BCUT2D eigenvalue weighted by atomic mass is 35.5. The van der Waals surface area contributed by atoms with E-state index in [-0.39, 0.29) is 17.2 Å². The van der Waals surface area contributed by atoms with Crippen LogP contribution in [0.4, 0.5) is 0 Å². The Bertz CT molecular complexity index is 850. The lowest BCUT2D eigenvalue weighted by molar-refractivity contribution is 0.0702. The van der Waals surface area contributed by atoms with Crippen molar-refractivity contribution in [1.82, 2.24) is 4.98 Å². The van der Waals surface area contributed by atoms with Gasteiger partial charge in [0.05, 0.1) is 6.10 Å². The number of thiophene rings is 1. The molecule has 1 aliphatic carbocycles. The first-order chi connectivity index (χ1) is 13.3. The highest BCUT2D eigenvalue weighted by molar-refractivity contribution is 7.13. The molecule has 3 rings (SSSR count). The first-order valence-corrected chi connectivity index (χ1v) is 11.0. The third-order valence-corrected chi connectivity index (χ3v) is 7.02. The zero-order valence-corrected chi connectivity index (χ0v) is 18.0. The minimum absolute atomic E-state index is 0.0499. The highest BCUT2D eigenvalue weighted by Crippen LogP contribution is 2.40. The Labute approximate surface area is 182 Å². The molecule has 1 fully saturated rings. The fraction of sp³-hybridized carbons (Fsp3) is 0.400. The Morgan fingerprint density at radius 1 is 1.29 bits per heavy atom. The lowest BCUT2D eigenvalue weighted by Crippen LogP contribution is -2.18. The zero-order valence-electron chi connectivity index (χ0n) is 14.9. The average Bonchev–Trinajstić information content (AvgIpc) is 3.18. The smallest absolute Gasteiger partial charge is 0.345 e. The van der Waals surface area contributed by atoms with Gasteiger partial charge in [-0.15, -0.1) is 22.9 Å². The number of pyridine rings is 1. The van der Waals surface area contributed by atoms with Gasteiger partial charge in [0.2, 0.25) is 0 Å². The Morgan fingerprint density at radius 3 is 2.64 bits per heavy atom. The van der Waals surface area contributed by atoms with Crippen LogP contribution in [-0.4, -0.2) is 32.6 Å². The van der Waals surface area contributed by atoms with E-state index < -0.39 is 12.1 Å². The van der Waals surface area contributed by atoms with Crippen LogP contribution < -0.4 is 0 Å². The molecular weight excluding hydrogens is 441 g/mol. The van der Waals surface area contributed by atoms with Gasteiger partial charge < -0.3 is 10.2 Å². The summed E-state index contributed by atoms with van der Waals surface area (Å²) in [7, 11) is 0. The maximum absolute atomic E-state index is 11.0. The molecule has 0 aliphatic heterocycles. The molecule has 4 nitrogen and oxygen atoms in total. The summed E-state index contributed by atoms with van der Waals surface area (Å²) < 4.78 is 0. The number of hydrogen-bond donors (Lipinski definition) is 2. The van der Waals surface area contributed by atoms with Gasteiger partial charge in [0, 0.05) is 16.2 Å². The van der Waals surface area contributed by atoms with Crippen LogP contribution >= 0.6 is 46.1 Å². The second-order valence-electron chi connectivity index (χ2n) is 6.93. The molecule has 2 unspecified atom stereocenters. The number of alkyl halides is 1. The van der Waals surface area contributed by atoms with Gasteiger partial charge in [0.25, 0.3) is 0 Å². The first-order valence-electron chi connectivity index (χ1n) is 8.99. The van der Waals surface area contributed by atoms with E-state index in [0.717, 1.165) is 29.7 Å². The maximum atomic E-state index is 11.0. The van der Waals surface area contributed by atoms with Gasteiger partial charge >= 0.3 is 5.97 Å². The van der Waals surface area contributed by atoms with Crippen LogP contribution in [0.1, 0.15) is 39.4 Å². The molecule has 0 spiro atoms. The normalized spacial score (nSPS) is 24.9. The molecule has 0 bridgehead atoms. The van der Waals surface area contributed by atoms with Crippen molar-refractivity contribution in [1.29, 1.82) is 0 Å². The van der Waals surface area contributed by atoms with Crippen molar-refractivity contribution < 1.29 is 15.0 Å². The highest BCUT2D eigenvalue weighted by Gasteiger charge is 2.39. The molecule has 0 amide bonds. The molecule has 2 N–H and O–H groups in total. The van der Waals surface area contributed by atoms with E-state index in [1.165, 1.54) is 11.3 Å². The number of hydrogen-bond acceptors (Lipinski definition) is 4. The molecule has 1 aliphatic rings.